The van der Waals surface area contributed by atoms with Crippen molar-refractivity contribution in [3.8, 4) is 5.75 Å². The number of carbonyl (C=O) groups is 2. The number of amides is 1. The van der Waals surface area contributed by atoms with Crippen LogP contribution in [-0.4, -0.2) is 55.7 Å². The number of benzene rings is 2. The van der Waals surface area contributed by atoms with Gasteiger partial charge < -0.3 is 25.4 Å². The van der Waals surface area contributed by atoms with E-state index in [1.807, 2.05) is 30.3 Å². The summed E-state index contributed by atoms with van der Waals surface area (Å²) in [7, 11) is 0. The highest BCUT2D eigenvalue weighted by molar-refractivity contribution is 5.97. The highest BCUT2D eigenvalue weighted by atomic mass is 35.5. The average Bonchev–Trinajstić information content (AvgIpc) is 2.83. The van der Waals surface area contributed by atoms with E-state index >= 15 is 0 Å². The monoisotopic (exact) mass is 527 g/mol. The third-order valence-electron chi connectivity index (χ3n) is 5.40. The maximum Gasteiger partial charge on any atom is 0.338 e. The summed E-state index contributed by atoms with van der Waals surface area (Å²) in [6.45, 7) is 9.52. The molecule has 7 nitrogen and oxygen atoms in total. The van der Waals surface area contributed by atoms with Crippen LogP contribution in [0.15, 0.2) is 48.5 Å². The number of nitrogens with two attached hydrogens (primary N) is 1. The van der Waals surface area contributed by atoms with Crippen LogP contribution in [-0.2, 0) is 16.0 Å². The smallest absolute Gasteiger partial charge is 0.338 e. The second-order valence-electron chi connectivity index (χ2n) is 7.86. The Hall–Kier alpha value is -2.32. The molecule has 2 aromatic carbocycles. The van der Waals surface area contributed by atoms with Crippen LogP contribution < -0.4 is 15.8 Å². The SMILES string of the molecule is CCCCOc1cc(C(=O)OCCN(CC)CC)ccc1NC(=O)[C@H](N)Cc1ccccc1.Cl.Cl. The van der Waals surface area contributed by atoms with E-state index in [0.717, 1.165) is 31.5 Å². The number of unbranched alkanes of at least 4 members (excludes halogenated alkanes) is 1. The Labute approximate surface area is 221 Å². The van der Waals surface area contributed by atoms with Crippen molar-refractivity contribution in [2.75, 3.05) is 38.2 Å². The molecule has 0 aliphatic heterocycles. The van der Waals surface area contributed by atoms with Crippen LogP contribution in [0.2, 0.25) is 0 Å². The minimum atomic E-state index is -0.708. The quantitative estimate of drug-likeness (QED) is 0.272. The molecule has 1 amide bonds. The number of halogens is 2. The molecule has 0 spiro atoms. The number of likely N-dealkylation sites (N-methyl/N-ethyl adjacent to an activating group) is 1. The maximum atomic E-state index is 12.7. The Bertz CT molecular complexity index is 880. The zero-order valence-corrected chi connectivity index (χ0v) is 22.5. The largest absolute Gasteiger partial charge is 0.491 e. The van der Waals surface area contributed by atoms with E-state index in [2.05, 4.69) is 31.0 Å². The Morgan fingerprint density at radius 2 is 1.69 bits per heavy atom. The number of nitrogens with one attached hydrogen (secondary N) is 1. The van der Waals surface area contributed by atoms with Crippen LogP contribution in [0.1, 0.15) is 49.5 Å². The fourth-order valence-electron chi connectivity index (χ4n) is 3.28. The van der Waals surface area contributed by atoms with Crippen molar-refractivity contribution in [3.05, 3.63) is 59.7 Å². The van der Waals surface area contributed by atoms with Crippen LogP contribution in [0.25, 0.3) is 0 Å². The van der Waals surface area contributed by atoms with Gasteiger partial charge in [0.05, 0.1) is 23.9 Å². The molecule has 0 aliphatic rings. The van der Waals surface area contributed by atoms with Crippen molar-refractivity contribution < 1.29 is 19.1 Å². The first-order valence-corrected chi connectivity index (χ1v) is 11.7. The van der Waals surface area contributed by atoms with E-state index in [1.165, 1.54) is 0 Å². The van der Waals surface area contributed by atoms with Crippen LogP contribution in [0.3, 0.4) is 0 Å². The average molecular weight is 529 g/mol. The minimum Gasteiger partial charge on any atom is -0.491 e. The van der Waals surface area contributed by atoms with E-state index < -0.39 is 12.0 Å². The van der Waals surface area contributed by atoms with Gasteiger partial charge >= 0.3 is 5.97 Å². The molecular formula is C26H39Cl2N3O4. The molecule has 0 unspecified atom stereocenters. The summed E-state index contributed by atoms with van der Waals surface area (Å²) in [6.07, 6.45) is 2.26. The number of carbonyl (C=O) groups excluding carboxylic acids is 2. The summed E-state index contributed by atoms with van der Waals surface area (Å²) in [6, 6.07) is 13.8. The lowest BCUT2D eigenvalue weighted by Gasteiger charge is -2.18. The number of hydrogen-bond donors (Lipinski definition) is 2. The number of hydrogen-bond acceptors (Lipinski definition) is 6. The van der Waals surface area contributed by atoms with Gasteiger partial charge in [-0.1, -0.05) is 57.5 Å². The Balaban J connectivity index is 0.00000578. The standard InChI is InChI=1S/C26H37N3O4.2ClH/c1-4-7-16-32-24-19-21(26(31)33-17-15-29(5-2)6-3)13-14-23(24)28-25(30)22(27)18-20-11-9-8-10-12-20;;/h8-14,19,22H,4-7,15-18,27H2,1-3H3,(H,28,30);2*1H/t22-;;/m1../s1. The highest BCUT2D eigenvalue weighted by Gasteiger charge is 2.18. The van der Waals surface area contributed by atoms with Gasteiger partial charge in [0, 0.05) is 6.54 Å². The van der Waals surface area contributed by atoms with Crippen molar-refractivity contribution in [1.29, 1.82) is 0 Å². The molecule has 1 atom stereocenters. The van der Waals surface area contributed by atoms with Gasteiger partial charge in [-0.05, 0) is 49.7 Å². The number of nitrogens with zero attached hydrogens (tertiary/aromatic N) is 1. The van der Waals surface area contributed by atoms with Crippen molar-refractivity contribution in [3.63, 3.8) is 0 Å². The fourth-order valence-corrected chi connectivity index (χ4v) is 3.28. The van der Waals surface area contributed by atoms with Gasteiger partial charge in [0.15, 0.2) is 0 Å². The molecule has 9 heteroatoms. The molecule has 0 aromatic heterocycles. The molecule has 0 heterocycles. The summed E-state index contributed by atoms with van der Waals surface area (Å²) >= 11 is 0. The van der Waals surface area contributed by atoms with Crippen molar-refractivity contribution >= 4 is 42.4 Å². The Morgan fingerprint density at radius 3 is 2.31 bits per heavy atom. The van der Waals surface area contributed by atoms with E-state index in [-0.39, 0.29) is 30.7 Å². The molecule has 0 bridgehead atoms. The first-order chi connectivity index (χ1) is 16.0. The van der Waals surface area contributed by atoms with Gasteiger partial charge in [-0.25, -0.2) is 4.79 Å². The van der Waals surface area contributed by atoms with E-state index in [0.29, 0.717) is 43.2 Å². The highest BCUT2D eigenvalue weighted by Crippen LogP contribution is 2.27. The minimum absolute atomic E-state index is 0. The van der Waals surface area contributed by atoms with Crippen molar-refractivity contribution in [2.24, 2.45) is 5.73 Å². The first-order valence-electron chi connectivity index (χ1n) is 11.7. The Morgan fingerprint density at radius 1 is 1.00 bits per heavy atom. The third-order valence-corrected chi connectivity index (χ3v) is 5.40. The first kappa shape index (κ1) is 32.7. The molecule has 35 heavy (non-hydrogen) atoms. The van der Waals surface area contributed by atoms with E-state index in [1.54, 1.807) is 18.2 Å². The van der Waals surface area contributed by atoms with Gasteiger partial charge in [-0.15, -0.1) is 24.8 Å². The van der Waals surface area contributed by atoms with Crippen LogP contribution in [0.5, 0.6) is 5.75 Å². The predicted molar refractivity (Wildman–Crippen MR) is 146 cm³/mol. The number of anilines is 1. The van der Waals surface area contributed by atoms with Gasteiger partial charge in [-0.2, -0.15) is 0 Å². The van der Waals surface area contributed by atoms with Crippen LogP contribution in [0, 0.1) is 0 Å². The van der Waals surface area contributed by atoms with E-state index in [4.69, 9.17) is 15.2 Å². The van der Waals surface area contributed by atoms with Crippen molar-refractivity contribution in [1.82, 2.24) is 4.90 Å². The predicted octanol–water partition coefficient (Wildman–Crippen LogP) is 4.72. The number of esters is 1. The van der Waals surface area contributed by atoms with Gasteiger partial charge in [0.25, 0.3) is 0 Å². The Kier molecular flexibility index (Phi) is 16.8. The molecular weight excluding hydrogens is 489 g/mol. The lowest BCUT2D eigenvalue weighted by molar-refractivity contribution is -0.117. The third kappa shape index (κ3) is 11.3. The zero-order valence-electron chi connectivity index (χ0n) is 20.8. The summed E-state index contributed by atoms with van der Waals surface area (Å²) in [5.41, 5.74) is 7.97. The second kappa shape index (κ2) is 18.0. The molecule has 0 fully saturated rings. The van der Waals surface area contributed by atoms with Gasteiger partial charge in [0.2, 0.25) is 5.91 Å². The summed E-state index contributed by atoms with van der Waals surface area (Å²) in [5, 5.41) is 2.85. The lowest BCUT2D eigenvalue weighted by atomic mass is 10.1. The molecule has 196 valence electrons. The fraction of sp³-hybridized carbons (Fsp3) is 0.462. The van der Waals surface area contributed by atoms with Gasteiger partial charge in [-0.3, -0.25) is 4.79 Å². The number of rotatable bonds is 14. The normalized spacial score (nSPS) is 11.1. The summed E-state index contributed by atoms with van der Waals surface area (Å²) in [5.74, 6) is -0.295. The van der Waals surface area contributed by atoms with Crippen LogP contribution in [0.4, 0.5) is 5.69 Å². The molecule has 0 radical (unpaired) electrons. The summed E-state index contributed by atoms with van der Waals surface area (Å²) in [4.78, 5) is 27.4. The molecule has 0 saturated carbocycles. The second-order valence-corrected chi connectivity index (χ2v) is 7.86. The topological polar surface area (TPSA) is 93.9 Å². The number of ether oxygens (including phenoxy) is 2. The molecule has 0 saturated heterocycles. The summed E-state index contributed by atoms with van der Waals surface area (Å²) < 4.78 is 11.3. The molecule has 2 rings (SSSR count). The van der Waals surface area contributed by atoms with Crippen molar-refractivity contribution in [2.45, 2.75) is 46.1 Å². The molecule has 2 aromatic rings. The maximum absolute atomic E-state index is 12.7. The van der Waals surface area contributed by atoms with E-state index in [9.17, 15) is 9.59 Å². The molecule has 0 aliphatic carbocycles. The van der Waals surface area contributed by atoms with Crippen LogP contribution >= 0.6 is 24.8 Å². The van der Waals surface area contributed by atoms with Gasteiger partial charge in [0.1, 0.15) is 12.4 Å². The zero-order chi connectivity index (χ0) is 24.1. The lowest BCUT2D eigenvalue weighted by Crippen LogP contribution is -2.37. The molecule has 3 N–H and O–H groups in total.